The second-order valence-electron chi connectivity index (χ2n) is 7.05. The minimum absolute atomic E-state index is 0.211. The number of amides is 2. The lowest BCUT2D eigenvalue weighted by Crippen LogP contribution is -2.25. The number of pyridine rings is 1. The van der Waals surface area contributed by atoms with Crippen molar-refractivity contribution in [3.05, 3.63) is 51.6 Å². The third-order valence-corrected chi connectivity index (χ3v) is 4.97. The standard InChI is InChI=1S/C21H23Cl2N3O3/c1-2-3-18(27)26-20-16(8-15(22)9-17(20)23)21(28)25-11-14-6-7-19(24-10-14)29-12-13-4-5-13/h6-10,13H,2-5,11-12H2,1H3,(H,25,28)(H,26,27). The Hall–Kier alpha value is -2.31. The van der Waals surface area contributed by atoms with Crippen LogP contribution in [0.5, 0.6) is 5.88 Å². The Balaban J connectivity index is 1.64. The fourth-order valence-corrected chi connectivity index (χ4v) is 3.22. The zero-order chi connectivity index (χ0) is 20.8. The Morgan fingerprint density at radius 3 is 2.69 bits per heavy atom. The maximum absolute atomic E-state index is 12.7. The van der Waals surface area contributed by atoms with Crippen LogP contribution < -0.4 is 15.4 Å². The highest BCUT2D eigenvalue weighted by Gasteiger charge is 2.22. The van der Waals surface area contributed by atoms with Crippen molar-refractivity contribution in [3.63, 3.8) is 0 Å². The van der Waals surface area contributed by atoms with Gasteiger partial charge in [-0.1, -0.05) is 36.2 Å². The molecule has 1 aromatic carbocycles. The highest BCUT2D eigenvalue weighted by molar-refractivity contribution is 6.38. The lowest BCUT2D eigenvalue weighted by Gasteiger charge is -2.14. The van der Waals surface area contributed by atoms with Crippen LogP contribution in [0.1, 0.15) is 48.5 Å². The molecule has 0 saturated heterocycles. The Morgan fingerprint density at radius 2 is 2.03 bits per heavy atom. The maximum atomic E-state index is 12.7. The average Bonchev–Trinajstić information content (AvgIpc) is 3.52. The summed E-state index contributed by atoms with van der Waals surface area (Å²) in [6.07, 6.45) is 5.13. The second-order valence-corrected chi connectivity index (χ2v) is 7.89. The van der Waals surface area contributed by atoms with Crippen LogP contribution in [-0.4, -0.2) is 23.4 Å². The van der Waals surface area contributed by atoms with Crippen LogP contribution in [0.2, 0.25) is 10.0 Å². The van der Waals surface area contributed by atoms with E-state index in [4.69, 9.17) is 27.9 Å². The zero-order valence-electron chi connectivity index (χ0n) is 16.1. The van der Waals surface area contributed by atoms with Gasteiger partial charge in [0.25, 0.3) is 5.91 Å². The van der Waals surface area contributed by atoms with Crippen molar-refractivity contribution < 1.29 is 14.3 Å². The fraction of sp³-hybridized carbons (Fsp3) is 0.381. The number of benzene rings is 1. The number of ether oxygens (including phenoxy) is 1. The molecule has 2 amide bonds. The minimum Gasteiger partial charge on any atom is -0.477 e. The van der Waals surface area contributed by atoms with Crippen molar-refractivity contribution in [2.24, 2.45) is 5.92 Å². The number of rotatable bonds is 9. The molecule has 3 rings (SSSR count). The molecular formula is C21H23Cl2N3O3. The molecular weight excluding hydrogens is 413 g/mol. The molecule has 1 saturated carbocycles. The van der Waals surface area contributed by atoms with Crippen LogP contribution in [0.3, 0.4) is 0 Å². The monoisotopic (exact) mass is 435 g/mol. The smallest absolute Gasteiger partial charge is 0.253 e. The first-order valence-electron chi connectivity index (χ1n) is 9.61. The summed E-state index contributed by atoms with van der Waals surface area (Å²) >= 11 is 12.3. The van der Waals surface area contributed by atoms with Gasteiger partial charge in [0.05, 0.1) is 22.9 Å². The number of halogens is 2. The van der Waals surface area contributed by atoms with E-state index in [9.17, 15) is 9.59 Å². The highest BCUT2D eigenvalue weighted by Crippen LogP contribution is 2.31. The molecule has 0 radical (unpaired) electrons. The van der Waals surface area contributed by atoms with Crippen molar-refractivity contribution in [2.45, 2.75) is 39.2 Å². The van der Waals surface area contributed by atoms with Crippen LogP contribution in [0.25, 0.3) is 0 Å². The molecule has 8 heteroatoms. The molecule has 154 valence electrons. The van der Waals surface area contributed by atoms with Gasteiger partial charge in [-0.3, -0.25) is 9.59 Å². The predicted molar refractivity (Wildman–Crippen MR) is 114 cm³/mol. The van der Waals surface area contributed by atoms with Crippen molar-refractivity contribution in [1.29, 1.82) is 0 Å². The first-order chi connectivity index (χ1) is 14.0. The van der Waals surface area contributed by atoms with E-state index in [-0.39, 0.29) is 28.7 Å². The third kappa shape index (κ3) is 6.34. The predicted octanol–water partition coefficient (Wildman–Crippen LogP) is 4.85. The van der Waals surface area contributed by atoms with Gasteiger partial charge in [0.1, 0.15) is 0 Å². The lowest BCUT2D eigenvalue weighted by molar-refractivity contribution is -0.116. The van der Waals surface area contributed by atoms with E-state index in [0.29, 0.717) is 36.3 Å². The zero-order valence-corrected chi connectivity index (χ0v) is 17.6. The summed E-state index contributed by atoms with van der Waals surface area (Å²) in [5.41, 5.74) is 1.29. The lowest BCUT2D eigenvalue weighted by atomic mass is 10.1. The van der Waals surface area contributed by atoms with Gasteiger partial charge < -0.3 is 15.4 Å². The largest absolute Gasteiger partial charge is 0.477 e. The van der Waals surface area contributed by atoms with Gasteiger partial charge >= 0.3 is 0 Å². The van der Waals surface area contributed by atoms with Crippen molar-refractivity contribution in [1.82, 2.24) is 10.3 Å². The molecule has 0 spiro atoms. The normalized spacial score (nSPS) is 13.1. The van der Waals surface area contributed by atoms with Gasteiger partial charge in [0, 0.05) is 30.3 Å². The van der Waals surface area contributed by atoms with Gasteiger partial charge in [0.15, 0.2) is 0 Å². The number of anilines is 1. The van der Waals surface area contributed by atoms with E-state index in [0.717, 1.165) is 5.56 Å². The van der Waals surface area contributed by atoms with Crippen LogP contribution in [0, 0.1) is 5.92 Å². The molecule has 0 unspecified atom stereocenters. The van der Waals surface area contributed by atoms with E-state index < -0.39 is 5.91 Å². The summed E-state index contributed by atoms with van der Waals surface area (Å²) in [7, 11) is 0. The van der Waals surface area contributed by atoms with E-state index in [1.165, 1.54) is 25.0 Å². The molecule has 6 nitrogen and oxygen atoms in total. The topological polar surface area (TPSA) is 80.3 Å². The molecule has 1 aliphatic carbocycles. The van der Waals surface area contributed by atoms with Gasteiger partial charge in [0.2, 0.25) is 11.8 Å². The molecule has 1 fully saturated rings. The van der Waals surface area contributed by atoms with E-state index >= 15 is 0 Å². The number of hydrogen-bond donors (Lipinski definition) is 2. The molecule has 0 aliphatic heterocycles. The maximum Gasteiger partial charge on any atom is 0.253 e. The quantitative estimate of drug-likeness (QED) is 0.589. The first-order valence-corrected chi connectivity index (χ1v) is 10.4. The minimum atomic E-state index is -0.393. The average molecular weight is 436 g/mol. The summed E-state index contributed by atoms with van der Waals surface area (Å²) in [6.45, 7) is 2.86. The van der Waals surface area contributed by atoms with Gasteiger partial charge in [-0.05, 0) is 42.9 Å². The molecule has 1 aromatic heterocycles. The van der Waals surface area contributed by atoms with E-state index in [2.05, 4.69) is 15.6 Å². The van der Waals surface area contributed by atoms with Gasteiger partial charge in [-0.2, -0.15) is 0 Å². The Labute approximate surface area is 179 Å². The molecule has 2 N–H and O–H groups in total. The number of nitrogens with zero attached hydrogens (tertiary/aromatic N) is 1. The number of carbonyl (C=O) groups excluding carboxylic acids is 2. The molecule has 2 aromatic rings. The number of aromatic nitrogens is 1. The Bertz CT molecular complexity index is 883. The second kappa shape index (κ2) is 9.94. The summed E-state index contributed by atoms with van der Waals surface area (Å²) in [5, 5.41) is 6.04. The van der Waals surface area contributed by atoms with Crippen molar-refractivity contribution >= 4 is 40.7 Å². The SMILES string of the molecule is CCCC(=O)Nc1c(Cl)cc(Cl)cc1C(=O)NCc1ccc(OCC2CC2)nc1. The summed E-state index contributed by atoms with van der Waals surface area (Å²) < 4.78 is 5.61. The van der Waals surface area contributed by atoms with Crippen LogP contribution >= 0.6 is 23.2 Å². The summed E-state index contributed by atoms with van der Waals surface area (Å²) in [5.74, 6) is 0.633. The van der Waals surface area contributed by atoms with Crippen LogP contribution in [0.15, 0.2) is 30.5 Å². The van der Waals surface area contributed by atoms with E-state index in [1.807, 2.05) is 13.0 Å². The third-order valence-electron chi connectivity index (χ3n) is 4.46. The van der Waals surface area contributed by atoms with E-state index in [1.54, 1.807) is 12.3 Å². The molecule has 0 atom stereocenters. The summed E-state index contributed by atoms with van der Waals surface area (Å²) in [6, 6.07) is 6.62. The molecule has 0 bridgehead atoms. The molecule has 1 aliphatic rings. The van der Waals surface area contributed by atoms with Crippen LogP contribution in [-0.2, 0) is 11.3 Å². The molecule has 1 heterocycles. The summed E-state index contributed by atoms with van der Waals surface area (Å²) in [4.78, 5) is 29.0. The van der Waals surface area contributed by atoms with Crippen molar-refractivity contribution in [2.75, 3.05) is 11.9 Å². The van der Waals surface area contributed by atoms with Crippen molar-refractivity contribution in [3.8, 4) is 5.88 Å². The van der Waals surface area contributed by atoms with Gasteiger partial charge in [-0.25, -0.2) is 4.98 Å². The van der Waals surface area contributed by atoms with Crippen LogP contribution in [0.4, 0.5) is 5.69 Å². The first kappa shape index (κ1) is 21.4. The number of nitrogens with one attached hydrogen (secondary N) is 2. The Morgan fingerprint density at radius 1 is 1.24 bits per heavy atom. The highest BCUT2D eigenvalue weighted by atomic mass is 35.5. The molecule has 29 heavy (non-hydrogen) atoms. The fourth-order valence-electron chi connectivity index (χ4n) is 2.67. The van der Waals surface area contributed by atoms with Gasteiger partial charge in [-0.15, -0.1) is 0 Å². The number of hydrogen-bond acceptors (Lipinski definition) is 4. The number of carbonyl (C=O) groups is 2. The Kier molecular flexibility index (Phi) is 7.34.